The number of aromatic nitrogens is 2. The fourth-order valence-corrected chi connectivity index (χ4v) is 6.69. The van der Waals surface area contributed by atoms with Crippen LogP contribution in [0.2, 0.25) is 0 Å². The van der Waals surface area contributed by atoms with Crippen LogP contribution >= 0.6 is 11.3 Å². The predicted molar refractivity (Wildman–Crippen MR) is 154 cm³/mol. The molecule has 8 rings (SSSR count). The zero-order valence-electron chi connectivity index (χ0n) is 19.3. The Balaban J connectivity index is 1.44. The van der Waals surface area contributed by atoms with E-state index in [2.05, 4.69) is 114 Å². The van der Waals surface area contributed by atoms with Crippen molar-refractivity contribution in [2.75, 3.05) is 0 Å². The van der Waals surface area contributed by atoms with E-state index in [0.717, 1.165) is 16.7 Å². The average molecular weight is 477 g/mol. The van der Waals surface area contributed by atoms with Gasteiger partial charge >= 0.3 is 0 Å². The Kier molecular flexibility index (Phi) is 4.13. The van der Waals surface area contributed by atoms with E-state index in [1.165, 1.54) is 53.0 Å². The molecule has 0 saturated carbocycles. The van der Waals surface area contributed by atoms with Crippen LogP contribution in [0.5, 0.6) is 0 Å². The molecule has 0 radical (unpaired) electrons. The van der Waals surface area contributed by atoms with Crippen LogP contribution in [0.3, 0.4) is 0 Å². The van der Waals surface area contributed by atoms with Gasteiger partial charge in [0.05, 0.1) is 16.6 Å². The maximum absolute atomic E-state index is 4.82. The van der Waals surface area contributed by atoms with Gasteiger partial charge in [-0.15, -0.1) is 11.3 Å². The summed E-state index contributed by atoms with van der Waals surface area (Å²) >= 11 is 1.86. The van der Waals surface area contributed by atoms with Crippen molar-refractivity contribution in [3.63, 3.8) is 0 Å². The molecule has 0 amide bonds. The van der Waals surface area contributed by atoms with Crippen LogP contribution in [0.15, 0.2) is 121 Å². The monoisotopic (exact) mass is 476 g/mol. The van der Waals surface area contributed by atoms with Crippen LogP contribution in [0.4, 0.5) is 0 Å². The summed E-state index contributed by atoms with van der Waals surface area (Å²) in [5.74, 6) is 0. The highest BCUT2D eigenvalue weighted by atomic mass is 32.1. The third-order valence-electron chi connectivity index (χ3n) is 7.21. The maximum Gasteiger partial charge on any atom is 0.0963 e. The highest BCUT2D eigenvalue weighted by Gasteiger charge is 2.18. The lowest BCUT2D eigenvalue weighted by atomic mass is 10.0. The lowest BCUT2D eigenvalue weighted by molar-refractivity contribution is 1.19. The van der Waals surface area contributed by atoms with Crippen LogP contribution in [0.1, 0.15) is 0 Å². The summed E-state index contributed by atoms with van der Waals surface area (Å²) in [5, 5.41) is 6.28. The van der Waals surface area contributed by atoms with Crippen LogP contribution in [0.25, 0.3) is 69.7 Å². The Hall–Kier alpha value is -4.47. The smallest absolute Gasteiger partial charge is 0.0963 e. The van der Waals surface area contributed by atoms with Crippen LogP contribution in [-0.2, 0) is 0 Å². The van der Waals surface area contributed by atoms with Crippen molar-refractivity contribution in [1.29, 1.82) is 0 Å². The molecule has 2 nitrogen and oxygen atoms in total. The molecule has 0 aliphatic heterocycles. The van der Waals surface area contributed by atoms with Crippen LogP contribution < -0.4 is 0 Å². The summed E-state index contributed by atoms with van der Waals surface area (Å²) in [6.45, 7) is 0. The van der Waals surface area contributed by atoms with Crippen LogP contribution in [0, 0.1) is 0 Å². The van der Waals surface area contributed by atoms with Gasteiger partial charge in [0.15, 0.2) is 0 Å². The van der Waals surface area contributed by atoms with Gasteiger partial charge in [-0.1, -0.05) is 66.7 Å². The van der Waals surface area contributed by atoms with Gasteiger partial charge in [0.2, 0.25) is 0 Å². The fraction of sp³-hybridized carbons (Fsp3) is 0. The molecule has 36 heavy (non-hydrogen) atoms. The summed E-state index contributed by atoms with van der Waals surface area (Å²) in [5.41, 5.74) is 7.05. The lowest BCUT2D eigenvalue weighted by Crippen LogP contribution is -1.94. The summed E-state index contributed by atoms with van der Waals surface area (Å²) in [6.07, 6.45) is 1.90. The fourth-order valence-electron chi connectivity index (χ4n) is 5.58. The molecule has 0 spiro atoms. The van der Waals surface area contributed by atoms with Gasteiger partial charge in [-0.05, 0) is 70.4 Å². The first kappa shape index (κ1) is 19.8. The molecular weight excluding hydrogens is 456 g/mol. The largest absolute Gasteiger partial charge is 0.307 e. The summed E-state index contributed by atoms with van der Waals surface area (Å²) in [7, 11) is 0. The van der Waals surface area contributed by atoms with E-state index in [1.54, 1.807) is 0 Å². The molecule has 0 bridgehead atoms. The van der Waals surface area contributed by atoms with Gasteiger partial charge < -0.3 is 4.57 Å². The highest BCUT2D eigenvalue weighted by Crippen LogP contribution is 2.42. The van der Waals surface area contributed by atoms with Gasteiger partial charge in [0.1, 0.15) is 0 Å². The molecule has 3 heteroatoms. The zero-order valence-corrected chi connectivity index (χ0v) is 20.2. The maximum atomic E-state index is 4.82. The predicted octanol–water partition coefficient (Wildman–Crippen LogP) is 9.37. The molecule has 0 saturated heterocycles. The topological polar surface area (TPSA) is 17.8 Å². The van der Waals surface area contributed by atoms with Gasteiger partial charge in [0, 0.05) is 37.4 Å². The van der Waals surface area contributed by atoms with Gasteiger partial charge in [-0.25, -0.2) is 0 Å². The molecule has 0 N–H and O–H groups in total. The Morgan fingerprint density at radius 1 is 0.583 bits per heavy atom. The Morgan fingerprint density at radius 2 is 1.42 bits per heavy atom. The number of nitrogens with zero attached hydrogens (tertiary/aromatic N) is 2. The number of benzene rings is 5. The third kappa shape index (κ3) is 2.81. The molecule has 0 unspecified atom stereocenters. The highest BCUT2D eigenvalue weighted by molar-refractivity contribution is 7.26. The van der Waals surface area contributed by atoms with Crippen molar-refractivity contribution in [3.05, 3.63) is 121 Å². The second kappa shape index (κ2) is 7.51. The van der Waals surface area contributed by atoms with E-state index in [4.69, 9.17) is 4.98 Å². The SMILES string of the molecule is c1ccc(-c2ccc3cc(-n4c5cccnc5c5ccc6sc7ccccc7c6c54)ccc3c2)cc1. The number of fused-ring (bicyclic) bond motifs is 8. The molecule has 3 aromatic heterocycles. The second-order valence-electron chi connectivity index (χ2n) is 9.25. The molecular formula is C33H20N2S. The van der Waals surface area contributed by atoms with Gasteiger partial charge in [0.25, 0.3) is 0 Å². The summed E-state index contributed by atoms with van der Waals surface area (Å²) in [4.78, 5) is 4.82. The van der Waals surface area contributed by atoms with E-state index >= 15 is 0 Å². The van der Waals surface area contributed by atoms with E-state index in [-0.39, 0.29) is 0 Å². The lowest BCUT2D eigenvalue weighted by Gasteiger charge is -2.11. The van der Waals surface area contributed by atoms with Crippen molar-refractivity contribution in [3.8, 4) is 16.8 Å². The normalized spacial score (nSPS) is 11.9. The average Bonchev–Trinajstić information content (AvgIpc) is 3.48. The third-order valence-corrected chi connectivity index (χ3v) is 8.35. The molecule has 3 heterocycles. The number of thiophene rings is 1. The minimum atomic E-state index is 1.05. The molecule has 5 aromatic carbocycles. The number of hydrogen-bond donors (Lipinski definition) is 0. The minimum Gasteiger partial charge on any atom is -0.307 e. The van der Waals surface area contributed by atoms with Crippen molar-refractivity contribution < 1.29 is 0 Å². The first-order valence-electron chi connectivity index (χ1n) is 12.1. The van der Waals surface area contributed by atoms with Crippen molar-refractivity contribution in [1.82, 2.24) is 9.55 Å². The van der Waals surface area contributed by atoms with Gasteiger partial charge in [-0.2, -0.15) is 0 Å². The summed E-state index contributed by atoms with van der Waals surface area (Å²) in [6, 6.07) is 41.6. The van der Waals surface area contributed by atoms with Crippen LogP contribution in [-0.4, -0.2) is 9.55 Å². The van der Waals surface area contributed by atoms with Crippen molar-refractivity contribution >= 4 is 64.2 Å². The quantitative estimate of drug-likeness (QED) is 0.243. The molecule has 0 atom stereocenters. The molecule has 168 valence electrons. The second-order valence-corrected chi connectivity index (χ2v) is 10.3. The molecule has 8 aromatic rings. The molecule has 0 aliphatic carbocycles. The summed E-state index contributed by atoms with van der Waals surface area (Å²) < 4.78 is 5.03. The Labute approximate surface area is 211 Å². The van der Waals surface area contributed by atoms with Gasteiger partial charge in [-0.3, -0.25) is 4.98 Å². The first-order chi connectivity index (χ1) is 17.8. The number of rotatable bonds is 2. The Morgan fingerprint density at radius 3 is 2.36 bits per heavy atom. The van der Waals surface area contributed by atoms with E-state index in [9.17, 15) is 0 Å². The van der Waals surface area contributed by atoms with E-state index < -0.39 is 0 Å². The first-order valence-corrected chi connectivity index (χ1v) is 13.0. The standard InChI is InChI=1S/C33H20N2S/c1-2-7-21(8-3-1)22-12-13-24-20-25(15-14-23(24)19-22)35-28-10-6-18-34-32(28)27-16-17-30-31(33(27)35)26-9-4-5-11-29(26)36-30/h1-20H. The molecule has 0 fully saturated rings. The number of pyridine rings is 1. The van der Waals surface area contributed by atoms with E-state index in [0.29, 0.717) is 0 Å². The Bertz CT molecular complexity index is 2100. The van der Waals surface area contributed by atoms with E-state index in [1.807, 2.05) is 23.6 Å². The molecule has 0 aliphatic rings. The van der Waals surface area contributed by atoms with Crippen molar-refractivity contribution in [2.24, 2.45) is 0 Å². The zero-order chi connectivity index (χ0) is 23.6. The minimum absolute atomic E-state index is 1.05. The number of hydrogen-bond acceptors (Lipinski definition) is 2. The van der Waals surface area contributed by atoms with Crippen molar-refractivity contribution in [2.45, 2.75) is 0 Å².